The average molecular weight is 329 g/mol. The molecule has 126 valence electrons. The van der Waals surface area contributed by atoms with Crippen LogP contribution in [0.3, 0.4) is 0 Å². The summed E-state index contributed by atoms with van der Waals surface area (Å²) in [5, 5.41) is 0. The van der Waals surface area contributed by atoms with Crippen molar-refractivity contribution in [2.24, 2.45) is 0 Å². The standard InChI is InChI=1S/C19H20FNO3/c1-14-5-4-6-15(11-14)24-13-16-12-21(9-10-23-16)19(22)17-7-2-3-8-18(17)20/h2-8,11,16H,9-10,12-13H2,1H3. The molecule has 2 aromatic rings. The number of morpholine rings is 1. The zero-order valence-electron chi connectivity index (χ0n) is 13.6. The van der Waals surface area contributed by atoms with Crippen LogP contribution in [0, 0.1) is 12.7 Å². The summed E-state index contributed by atoms with van der Waals surface area (Å²) in [5.74, 6) is -0.0327. The molecule has 5 heteroatoms. The first kappa shape index (κ1) is 16.5. The Kier molecular flexibility index (Phi) is 5.11. The van der Waals surface area contributed by atoms with Crippen molar-refractivity contribution in [1.82, 2.24) is 4.90 Å². The van der Waals surface area contributed by atoms with Crippen molar-refractivity contribution in [3.05, 3.63) is 65.5 Å². The van der Waals surface area contributed by atoms with Crippen molar-refractivity contribution in [1.29, 1.82) is 0 Å². The molecule has 1 heterocycles. The van der Waals surface area contributed by atoms with Crippen LogP contribution in [0.4, 0.5) is 4.39 Å². The second-order valence-corrected chi connectivity index (χ2v) is 5.85. The maximum atomic E-state index is 13.8. The molecule has 1 atom stereocenters. The van der Waals surface area contributed by atoms with Gasteiger partial charge in [0.1, 0.15) is 24.3 Å². The highest BCUT2D eigenvalue weighted by molar-refractivity contribution is 5.94. The number of hydrogen-bond acceptors (Lipinski definition) is 3. The molecule has 2 aromatic carbocycles. The summed E-state index contributed by atoms with van der Waals surface area (Å²) in [6, 6.07) is 13.8. The van der Waals surface area contributed by atoms with Crippen molar-refractivity contribution < 1.29 is 18.7 Å². The van der Waals surface area contributed by atoms with Gasteiger partial charge in [0.25, 0.3) is 5.91 Å². The summed E-state index contributed by atoms with van der Waals surface area (Å²) in [6.45, 7) is 3.61. The molecule has 1 saturated heterocycles. The number of hydrogen-bond donors (Lipinski definition) is 0. The van der Waals surface area contributed by atoms with E-state index in [4.69, 9.17) is 9.47 Å². The monoisotopic (exact) mass is 329 g/mol. The van der Waals surface area contributed by atoms with E-state index in [0.717, 1.165) is 11.3 Å². The number of rotatable bonds is 4. The number of carbonyl (C=O) groups excluding carboxylic acids is 1. The molecule has 0 saturated carbocycles. The molecule has 0 N–H and O–H groups in total. The molecular weight excluding hydrogens is 309 g/mol. The van der Waals surface area contributed by atoms with Gasteiger partial charge in [0.15, 0.2) is 0 Å². The first-order chi connectivity index (χ1) is 11.6. The first-order valence-electron chi connectivity index (χ1n) is 7.98. The number of nitrogens with zero attached hydrogens (tertiary/aromatic N) is 1. The summed E-state index contributed by atoms with van der Waals surface area (Å²) < 4.78 is 25.2. The van der Waals surface area contributed by atoms with Gasteiger partial charge in [-0.05, 0) is 36.8 Å². The van der Waals surface area contributed by atoms with Crippen LogP contribution in [-0.4, -0.2) is 43.2 Å². The topological polar surface area (TPSA) is 38.8 Å². The molecule has 1 aliphatic heterocycles. The highest BCUT2D eigenvalue weighted by atomic mass is 19.1. The van der Waals surface area contributed by atoms with Crippen LogP contribution in [0.15, 0.2) is 48.5 Å². The van der Waals surface area contributed by atoms with Crippen LogP contribution in [-0.2, 0) is 4.74 Å². The van der Waals surface area contributed by atoms with Crippen LogP contribution >= 0.6 is 0 Å². The lowest BCUT2D eigenvalue weighted by atomic mass is 10.1. The van der Waals surface area contributed by atoms with E-state index in [1.165, 1.54) is 12.1 Å². The first-order valence-corrected chi connectivity index (χ1v) is 7.98. The molecule has 1 unspecified atom stereocenters. The normalized spacial score (nSPS) is 17.6. The number of aryl methyl sites for hydroxylation is 1. The fraction of sp³-hybridized carbons (Fsp3) is 0.316. The molecule has 0 aromatic heterocycles. The Morgan fingerprint density at radius 2 is 2.12 bits per heavy atom. The van der Waals surface area contributed by atoms with Gasteiger partial charge < -0.3 is 14.4 Å². The summed E-state index contributed by atoms with van der Waals surface area (Å²) in [7, 11) is 0. The second kappa shape index (κ2) is 7.45. The number of amides is 1. The maximum Gasteiger partial charge on any atom is 0.256 e. The van der Waals surface area contributed by atoms with Crippen LogP contribution in [0.2, 0.25) is 0 Å². The Bertz CT molecular complexity index is 719. The van der Waals surface area contributed by atoms with Crippen LogP contribution in [0.1, 0.15) is 15.9 Å². The Hall–Kier alpha value is -2.40. The summed E-state index contributed by atoms with van der Waals surface area (Å²) in [5.41, 5.74) is 1.21. The van der Waals surface area contributed by atoms with Gasteiger partial charge in [-0.3, -0.25) is 4.79 Å². The fourth-order valence-corrected chi connectivity index (χ4v) is 2.70. The van der Waals surface area contributed by atoms with E-state index in [0.29, 0.717) is 26.3 Å². The lowest BCUT2D eigenvalue weighted by Gasteiger charge is -2.33. The van der Waals surface area contributed by atoms with E-state index in [1.54, 1.807) is 17.0 Å². The predicted molar refractivity (Wildman–Crippen MR) is 88.7 cm³/mol. The summed E-state index contributed by atoms with van der Waals surface area (Å²) in [6.07, 6.45) is -0.227. The molecular formula is C19H20FNO3. The second-order valence-electron chi connectivity index (χ2n) is 5.85. The minimum absolute atomic E-state index is 0.0951. The Labute approximate surface area is 140 Å². The van der Waals surface area contributed by atoms with Gasteiger partial charge in [0.05, 0.1) is 18.7 Å². The highest BCUT2D eigenvalue weighted by Gasteiger charge is 2.26. The minimum atomic E-state index is -0.499. The van der Waals surface area contributed by atoms with Crippen molar-refractivity contribution in [3.63, 3.8) is 0 Å². The van der Waals surface area contributed by atoms with E-state index in [2.05, 4.69) is 0 Å². The predicted octanol–water partition coefficient (Wildman–Crippen LogP) is 3.05. The molecule has 0 aliphatic carbocycles. The zero-order valence-corrected chi connectivity index (χ0v) is 13.6. The van der Waals surface area contributed by atoms with Gasteiger partial charge in [-0.15, -0.1) is 0 Å². The largest absolute Gasteiger partial charge is 0.491 e. The molecule has 1 fully saturated rings. The average Bonchev–Trinajstić information content (AvgIpc) is 2.60. The number of carbonyl (C=O) groups is 1. The fourth-order valence-electron chi connectivity index (χ4n) is 2.70. The zero-order chi connectivity index (χ0) is 16.9. The molecule has 1 amide bonds. The van der Waals surface area contributed by atoms with Gasteiger partial charge in [0, 0.05) is 6.54 Å². The molecule has 3 rings (SSSR count). The van der Waals surface area contributed by atoms with Crippen molar-refractivity contribution in [3.8, 4) is 5.75 Å². The van der Waals surface area contributed by atoms with E-state index < -0.39 is 5.82 Å². The summed E-state index contributed by atoms with van der Waals surface area (Å²) >= 11 is 0. The van der Waals surface area contributed by atoms with E-state index in [-0.39, 0.29) is 17.6 Å². The maximum absolute atomic E-state index is 13.8. The van der Waals surface area contributed by atoms with Gasteiger partial charge in [-0.2, -0.15) is 0 Å². The molecule has 0 radical (unpaired) electrons. The quantitative estimate of drug-likeness (QED) is 0.865. The number of benzene rings is 2. The minimum Gasteiger partial charge on any atom is -0.491 e. The number of ether oxygens (including phenoxy) is 2. The molecule has 0 spiro atoms. The lowest BCUT2D eigenvalue weighted by Crippen LogP contribution is -2.47. The molecule has 0 bridgehead atoms. The third-order valence-electron chi connectivity index (χ3n) is 3.96. The van der Waals surface area contributed by atoms with Gasteiger partial charge in [-0.1, -0.05) is 24.3 Å². The lowest BCUT2D eigenvalue weighted by molar-refractivity contribution is -0.0402. The van der Waals surface area contributed by atoms with Crippen molar-refractivity contribution in [2.45, 2.75) is 13.0 Å². The van der Waals surface area contributed by atoms with Gasteiger partial charge in [0.2, 0.25) is 0 Å². The smallest absolute Gasteiger partial charge is 0.256 e. The van der Waals surface area contributed by atoms with Crippen LogP contribution in [0.25, 0.3) is 0 Å². The van der Waals surface area contributed by atoms with E-state index in [9.17, 15) is 9.18 Å². The number of halogens is 1. The Morgan fingerprint density at radius 1 is 1.29 bits per heavy atom. The van der Waals surface area contributed by atoms with E-state index >= 15 is 0 Å². The highest BCUT2D eigenvalue weighted by Crippen LogP contribution is 2.16. The molecule has 24 heavy (non-hydrogen) atoms. The van der Waals surface area contributed by atoms with Crippen molar-refractivity contribution >= 4 is 5.91 Å². The van der Waals surface area contributed by atoms with Crippen LogP contribution < -0.4 is 4.74 Å². The van der Waals surface area contributed by atoms with E-state index in [1.807, 2.05) is 31.2 Å². The summed E-state index contributed by atoms with van der Waals surface area (Å²) in [4.78, 5) is 14.1. The SMILES string of the molecule is Cc1cccc(OCC2CN(C(=O)c3ccccc3F)CCO2)c1. The molecule has 4 nitrogen and oxygen atoms in total. The van der Waals surface area contributed by atoms with Crippen LogP contribution in [0.5, 0.6) is 5.75 Å². The van der Waals surface area contributed by atoms with Gasteiger partial charge >= 0.3 is 0 Å². The third-order valence-corrected chi connectivity index (χ3v) is 3.96. The van der Waals surface area contributed by atoms with Gasteiger partial charge in [-0.25, -0.2) is 4.39 Å². The van der Waals surface area contributed by atoms with Crippen molar-refractivity contribution in [2.75, 3.05) is 26.3 Å². The Balaban J connectivity index is 1.60. The Morgan fingerprint density at radius 3 is 2.92 bits per heavy atom. The third kappa shape index (κ3) is 3.92. The molecule has 1 aliphatic rings.